The van der Waals surface area contributed by atoms with Gasteiger partial charge in [-0.15, -0.1) is 0 Å². The molecule has 1 saturated heterocycles. The second kappa shape index (κ2) is 5.98. The van der Waals surface area contributed by atoms with Gasteiger partial charge in [0.2, 0.25) is 10.0 Å². The fourth-order valence-electron chi connectivity index (χ4n) is 3.00. The summed E-state index contributed by atoms with van der Waals surface area (Å²) in [6, 6.07) is 7.33. The molecular weight excluding hydrogens is 396 g/mol. The van der Waals surface area contributed by atoms with Crippen LogP contribution in [0.2, 0.25) is 0 Å². The molecule has 1 fully saturated rings. The van der Waals surface area contributed by atoms with E-state index in [9.17, 15) is 8.42 Å². The first-order valence-electron chi connectivity index (χ1n) is 7.54. The smallest absolute Gasteiger partial charge is 0.220 e. The summed E-state index contributed by atoms with van der Waals surface area (Å²) in [6.07, 6.45) is 4.32. The Kier molecular flexibility index (Phi) is 3.93. The molecule has 0 N–H and O–H groups in total. The van der Waals surface area contributed by atoms with E-state index < -0.39 is 10.0 Å². The quantitative estimate of drug-likeness (QED) is 0.659. The van der Waals surface area contributed by atoms with Crippen LogP contribution in [0, 0.1) is 0 Å². The van der Waals surface area contributed by atoms with Crippen LogP contribution in [-0.2, 0) is 15.8 Å². The predicted molar refractivity (Wildman–Crippen MR) is 91.8 cm³/mol. The fraction of sp³-hybridized carbons (Fsp3) is 0.333. The number of hydrogen-bond acceptors (Lipinski definition) is 5. The molecule has 0 saturated carbocycles. The van der Waals surface area contributed by atoms with Gasteiger partial charge in [0.05, 0.1) is 16.7 Å². The number of nitrogens with zero attached hydrogens (tertiary/aromatic N) is 4. The monoisotopic (exact) mass is 410 g/mol. The first kappa shape index (κ1) is 15.8. The molecule has 1 aliphatic heterocycles. The molecule has 0 bridgehead atoms. The van der Waals surface area contributed by atoms with Crippen molar-refractivity contribution >= 4 is 36.9 Å². The molecule has 3 heterocycles. The molecule has 24 heavy (non-hydrogen) atoms. The Morgan fingerprint density at radius 1 is 1.33 bits per heavy atom. The van der Waals surface area contributed by atoms with Gasteiger partial charge >= 0.3 is 0 Å². The van der Waals surface area contributed by atoms with Crippen molar-refractivity contribution < 1.29 is 12.9 Å². The third-order valence-corrected chi connectivity index (χ3v) is 6.40. The molecule has 0 spiro atoms. The molecule has 2 aromatic heterocycles. The summed E-state index contributed by atoms with van der Waals surface area (Å²) in [5, 5.41) is 8.92. The normalized spacial score (nSPS) is 19.3. The lowest BCUT2D eigenvalue weighted by Gasteiger charge is -2.16. The highest BCUT2D eigenvalue weighted by Gasteiger charge is 2.33. The van der Waals surface area contributed by atoms with Gasteiger partial charge in [-0.1, -0.05) is 17.3 Å². The van der Waals surface area contributed by atoms with Gasteiger partial charge in [0.25, 0.3) is 0 Å². The highest BCUT2D eigenvalue weighted by atomic mass is 79.9. The van der Waals surface area contributed by atoms with Crippen molar-refractivity contribution in [3.05, 3.63) is 46.8 Å². The van der Waals surface area contributed by atoms with Crippen molar-refractivity contribution in [3.8, 4) is 0 Å². The summed E-state index contributed by atoms with van der Waals surface area (Å²) < 4.78 is 34.9. The topological polar surface area (TPSA) is 81.2 Å². The average Bonchev–Trinajstić information content (AvgIpc) is 3.27. The highest BCUT2D eigenvalue weighted by molar-refractivity contribution is 9.10. The van der Waals surface area contributed by atoms with Crippen molar-refractivity contribution in [2.24, 2.45) is 0 Å². The number of hydrogen-bond donors (Lipinski definition) is 0. The molecule has 126 valence electrons. The van der Waals surface area contributed by atoms with Crippen molar-refractivity contribution in [2.45, 2.75) is 18.2 Å². The van der Waals surface area contributed by atoms with E-state index in [0.29, 0.717) is 24.4 Å². The van der Waals surface area contributed by atoms with Crippen LogP contribution in [0.25, 0.3) is 11.0 Å². The predicted octanol–water partition coefficient (Wildman–Crippen LogP) is 2.56. The molecule has 0 radical (unpaired) electrons. The molecular formula is C15H15BrN4O3S. The molecule has 9 heteroatoms. The molecule has 0 amide bonds. The molecule has 1 aromatic carbocycles. The van der Waals surface area contributed by atoms with Gasteiger partial charge < -0.3 is 4.52 Å². The maximum Gasteiger partial charge on any atom is 0.220 e. The number of benzene rings is 1. The second-order valence-corrected chi connectivity index (χ2v) is 8.71. The minimum absolute atomic E-state index is 0.0557. The van der Waals surface area contributed by atoms with Gasteiger partial charge in [-0.2, -0.15) is 9.40 Å². The van der Waals surface area contributed by atoms with Crippen LogP contribution in [0.15, 0.2) is 45.7 Å². The summed E-state index contributed by atoms with van der Waals surface area (Å²) in [4.78, 5) is 0. The van der Waals surface area contributed by atoms with Crippen LogP contribution in [0.1, 0.15) is 18.2 Å². The summed E-state index contributed by atoms with van der Waals surface area (Å²) in [7, 11) is -3.45. The molecule has 1 aliphatic rings. The second-order valence-electron chi connectivity index (χ2n) is 5.82. The number of para-hydroxylation sites is 1. The van der Waals surface area contributed by atoms with Gasteiger partial charge in [-0.05, 0) is 34.5 Å². The van der Waals surface area contributed by atoms with E-state index in [-0.39, 0.29) is 11.8 Å². The Morgan fingerprint density at radius 3 is 2.96 bits per heavy atom. The largest absolute Gasteiger partial charge is 0.356 e. The summed E-state index contributed by atoms with van der Waals surface area (Å²) in [6.45, 7) is 0.909. The Bertz CT molecular complexity index is 981. The molecule has 7 nitrogen and oxygen atoms in total. The van der Waals surface area contributed by atoms with E-state index in [1.165, 1.54) is 4.31 Å². The van der Waals surface area contributed by atoms with E-state index in [4.69, 9.17) is 4.52 Å². The molecule has 4 rings (SSSR count). The third-order valence-electron chi connectivity index (χ3n) is 4.23. The Balaban J connectivity index is 1.53. The molecule has 1 atom stereocenters. The number of halogens is 1. The zero-order valence-electron chi connectivity index (χ0n) is 12.7. The van der Waals surface area contributed by atoms with Crippen LogP contribution >= 0.6 is 15.9 Å². The van der Waals surface area contributed by atoms with Gasteiger partial charge in [-0.25, -0.2) is 8.42 Å². The van der Waals surface area contributed by atoms with Crippen molar-refractivity contribution in [1.29, 1.82) is 0 Å². The van der Waals surface area contributed by atoms with Gasteiger partial charge in [-0.3, -0.25) is 4.68 Å². The number of aromatic nitrogens is 3. The maximum atomic E-state index is 12.7. The standard InChI is InChI=1S/C15H15BrN4O3S/c16-11-7-17-20(8-11)12-5-6-19(9-12)24(21,22)10-14-13-3-1-2-4-15(13)23-18-14/h1-4,7-8,12H,5-6,9-10H2. The summed E-state index contributed by atoms with van der Waals surface area (Å²) >= 11 is 3.36. The number of fused-ring (bicyclic) bond motifs is 1. The van der Waals surface area contributed by atoms with Crippen LogP contribution in [-0.4, -0.2) is 40.7 Å². The first-order valence-corrected chi connectivity index (χ1v) is 9.94. The van der Waals surface area contributed by atoms with Gasteiger partial charge in [0.1, 0.15) is 11.4 Å². The minimum Gasteiger partial charge on any atom is -0.356 e. The van der Waals surface area contributed by atoms with Crippen LogP contribution in [0.4, 0.5) is 0 Å². The average molecular weight is 411 g/mol. The molecule has 3 aromatic rings. The van der Waals surface area contributed by atoms with E-state index in [1.807, 2.05) is 29.1 Å². The summed E-state index contributed by atoms with van der Waals surface area (Å²) in [5.41, 5.74) is 1.05. The van der Waals surface area contributed by atoms with Gasteiger partial charge in [0, 0.05) is 24.7 Å². The summed E-state index contributed by atoms with van der Waals surface area (Å²) in [5.74, 6) is -0.153. The van der Waals surface area contributed by atoms with Gasteiger partial charge in [0.15, 0.2) is 5.58 Å². The third kappa shape index (κ3) is 2.87. The maximum absolute atomic E-state index is 12.7. The van der Waals surface area contributed by atoms with Crippen LogP contribution in [0.5, 0.6) is 0 Å². The highest BCUT2D eigenvalue weighted by Crippen LogP contribution is 2.27. The lowest BCUT2D eigenvalue weighted by Crippen LogP contribution is -2.30. The zero-order valence-corrected chi connectivity index (χ0v) is 15.1. The first-order chi connectivity index (χ1) is 11.5. The number of sulfonamides is 1. The SMILES string of the molecule is O=S(=O)(Cc1noc2ccccc12)N1CCC(n2cc(Br)cn2)C1. The van der Waals surface area contributed by atoms with Crippen molar-refractivity contribution in [2.75, 3.05) is 13.1 Å². The van der Waals surface area contributed by atoms with E-state index in [1.54, 1.807) is 12.3 Å². The fourth-order valence-corrected chi connectivity index (χ4v) is 4.82. The minimum atomic E-state index is -3.45. The van der Waals surface area contributed by atoms with E-state index >= 15 is 0 Å². The Morgan fingerprint density at radius 2 is 2.17 bits per heavy atom. The molecule has 0 aliphatic carbocycles. The van der Waals surface area contributed by atoms with Crippen LogP contribution in [0.3, 0.4) is 0 Å². The van der Waals surface area contributed by atoms with E-state index in [0.717, 1.165) is 16.3 Å². The number of rotatable bonds is 4. The lowest BCUT2D eigenvalue weighted by atomic mass is 10.2. The Labute approximate surface area is 147 Å². The molecule has 1 unspecified atom stereocenters. The Hall–Kier alpha value is -1.71. The zero-order chi connectivity index (χ0) is 16.7. The van der Waals surface area contributed by atoms with Crippen LogP contribution < -0.4 is 0 Å². The van der Waals surface area contributed by atoms with Crippen molar-refractivity contribution in [1.82, 2.24) is 19.2 Å². The lowest BCUT2D eigenvalue weighted by molar-refractivity contribution is 0.429. The van der Waals surface area contributed by atoms with E-state index in [2.05, 4.69) is 26.2 Å². The van der Waals surface area contributed by atoms with Crippen molar-refractivity contribution in [3.63, 3.8) is 0 Å².